The third kappa shape index (κ3) is 9.03. The Kier molecular flexibility index (Phi) is 10.6. The summed E-state index contributed by atoms with van der Waals surface area (Å²) in [6.45, 7) is 16.2. The Morgan fingerprint density at radius 3 is 2.04 bits per heavy atom. The predicted molar refractivity (Wildman–Crippen MR) is 101 cm³/mol. The van der Waals surface area contributed by atoms with Crippen LogP contribution < -0.4 is 0 Å². The first-order valence-electron chi connectivity index (χ1n) is 9.94. The van der Waals surface area contributed by atoms with E-state index in [4.69, 9.17) is 4.74 Å². The van der Waals surface area contributed by atoms with Crippen LogP contribution in [0.3, 0.4) is 0 Å². The molecule has 1 saturated heterocycles. The second-order valence-electron chi connectivity index (χ2n) is 8.20. The predicted octanol–water partition coefficient (Wildman–Crippen LogP) is 3.66. The highest BCUT2D eigenvalue weighted by Crippen LogP contribution is 2.18. The van der Waals surface area contributed by atoms with Crippen molar-refractivity contribution < 1.29 is 9.53 Å². The van der Waals surface area contributed by atoms with Crippen LogP contribution in [0.4, 0.5) is 0 Å². The first-order chi connectivity index (χ1) is 11.4. The molecule has 4 nitrogen and oxygen atoms in total. The molecule has 4 heteroatoms. The van der Waals surface area contributed by atoms with Crippen molar-refractivity contribution in [2.24, 2.45) is 17.8 Å². The van der Waals surface area contributed by atoms with Gasteiger partial charge in [0.05, 0.1) is 13.0 Å². The van der Waals surface area contributed by atoms with Crippen molar-refractivity contribution in [2.75, 3.05) is 46.4 Å². The molecule has 0 bridgehead atoms. The van der Waals surface area contributed by atoms with Crippen LogP contribution in [0, 0.1) is 17.8 Å². The molecule has 0 amide bonds. The number of piperidine rings is 1. The molecule has 0 unspecified atom stereocenters. The fourth-order valence-electron chi connectivity index (χ4n) is 3.29. The Balaban J connectivity index is 2.25. The highest BCUT2D eigenvalue weighted by molar-refractivity contribution is 5.72. The number of ether oxygens (including phenoxy) is 1. The first-order valence-corrected chi connectivity index (χ1v) is 9.94. The van der Waals surface area contributed by atoms with E-state index in [-0.39, 0.29) is 11.9 Å². The van der Waals surface area contributed by atoms with E-state index in [0.29, 0.717) is 0 Å². The molecule has 24 heavy (non-hydrogen) atoms. The van der Waals surface area contributed by atoms with E-state index in [2.05, 4.69) is 37.5 Å². The summed E-state index contributed by atoms with van der Waals surface area (Å²) in [6, 6.07) is 0. The van der Waals surface area contributed by atoms with Crippen LogP contribution in [0.1, 0.15) is 59.8 Å². The molecular formula is C20H40N2O2. The second-order valence-corrected chi connectivity index (χ2v) is 8.20. The minimum atomic E-state index is -0.0248. The lowest BCUT2D eigenvalue weighted by atomic mass is 9.97. The van der Waals surface area contributed by atoms with Crippen molar-refractivity contribution in [3.63, 3.8) is 0 Å². The summed E-state index contributed by atoms with van der Waals surface area (Å²) in [5, 5.41) is 0. The molecule has 0 saturated carbocycles. The van der Waals surface area contributed by atoms with Gasteiger partial charge in [0.25, 0.3) is 0 Å². The highest BCUT2D eigenvalue weighted by Gasteiger charge is 2.25. The highest BCUT2D eigenvalue weighted by atomic mass is 16.5. The van der Waals surface area contributed by atoms with E-state index in [0.717, 1.165) is 44.3 Å². The quantitative estimate of drug-likeness (QED) is 0.537. The molecule has 1 heterocycles. The molecule has 0 aromatic rings. The first kappa shape index (κ1) is 21.4. The zero-order valence-corrected chi connectivity index (χ0v) is 16.7. The van der Waals surface area contributed by atoms with Crippen molar-refractivity contribution in [2.45, 2.75) is 59.8 Å². The van der Waals surface area contributed by atoms with Crippen LogP contribution in [0.5, 0.6) is 0 Å². The molecule has 0 aromatic carbocycles. The summed E-state index contributed by atoms with van der Waals surface area (Å²) in [5.41, 5.74) is 0. The van der Waals surface area contributed by atoms with Crippen molar-refractivity contribution >= 4 is 5.97 Å². The van der Waals surface area contributed by atoms with Gasteiger partial charge in [-0.25, -0.2) is 0 Å². The molecule has 0 aliphatic carbocycles. The van der Waals surface area contributed by atoms with E-state index >= 15 is 0 Å². The number of carbonyl (C=O) groups excluding carboxylic acids is 1. The summed E-state index contributed by atoms with van der Waals surface area (Å²) >= 11 is 0. The topological polar surface area (TPSA) is 32.8 Å². The molecule has 1 aliphatic heterocycles. The van der Waals surface area contributed by atoms with Crippen LogP contribution >= 0.6 is 0 Å². The average Bonchev–Trinajstić information content (AvgIpc) is 2.56. The summed E-state index contributed by atoms with van der Waals surface area (Å²) in [6.07, 6.45) is 5.73. The molecule has 1 fully saturated rings. The van der Waals surface area contributed by atoms with E-state index < -0.39 is 0 Å². The molecule has 0 radical (unpaired) electrons. The number of carbonyl (C=O) groups is 1. The maximum atomic E-state index is 11.6. The molecule has 0 aromatic heterocycles. The van der Waals surface area contributed by atoms with Gasteiger partial charge in [-0.05, 0) is 83.2 Å². The number of hydrogen-bond donors (Lipinski definition) is 0. The zero-order valence-electron chi connectivity index (χ0n) is 16.7. The fourth-order valence-corrected chi connectivity index (χ4v) is 3.29. The molecule has 1 aliphatic rings. The van der Waals surface area contributed by atoms with E-state index in [1.807, 2.05) is 0 Å². The van der Waals surface area contributed by atoms with Gasteiger partial charge in [-0.15, -0.1) is 0 Å². The molecule has 1 rings (SSSR count). The Morgan fingerprint density at radius 1 is 1.04 bits per heavy atom. The van der Waals surface area contributed by atoms with Gasteiger partial charge in [-0.3, -0.25) is 4.79 Å². The minimum Gasteiger partial charge on any atom is -0.469 e. The van der Waals surface area contributed by atoms with E-state index in [9.17, 15) is 4.79 Å². The monoisotopic (exact) mass is 340 g/mol. The lowest BCUT2D eigenvalue weighted by molar-refractivity contribution is -0.147. The molecule has 0 N–H and O–H groups in total. The lowest BCUT2D eigenvalue weighted by Crippen LogP contribution is -2.38. The van der Waals surface area contributed by atoms with Crippen molar-refractivity contribution in [1.82, 2.24) is 9.80 Å². The van der Waals surface area contributed by atoms with Gasteiger partial charge in [0, 0.05) is 0 Å². The Labute approximate surface area is 149 Å². The number of esters is 1. The number of hydrogen-bond acceptors (Lipinski definition) is 4. The third-order valence-corrected chi connectivity index (χ3v) is 5.12. The normalized spacial score (nSPS) is 17.2. The molecule has 0 spiro atoms. The minimum absolute atomic E-state index is 0.0248. The SMILES string of the molecule is COC(=O)C1CCN(CCCN(CCC(C)C)CCC(C)C)CC1. The molecular weight excluding hydrogens is 300 g/mol. The van der Waals surface area contributed by atoms with Crippen LogP contribution in [-0.2, 0) is 9.53 Å². The Hall–Kier alpha value is -0.610. The third-order valence-electron chi connectivity index (χ3n) is 5.12. The summed E-state index contributed by atoms with van der Waals surface area (Å²) < 4.78 is 4.87. The van der Waals surface area contributed by atoms with Gasteiger partial charge in [0.1, 0.15) is 0 Å². The van der Waals surface area contributed by atoms with Crippen molar-refractivity contribution in [3.8, 4) is 0 Å². The van der Waals surface area contributed by atoms with E-state index in [1.54, 1.807) is 0 Å². The number of likely N-dealkylation sites (tertiary alicyclic amines) is 1. The van der Waals surface area contributed by atoms with Crippen LogP contribution in [0.25, 0.3) is 0 Å². The summed E-state index contributed by atoms with van der Waals surface area (Å²) in [4.78, 5) is 16.8. The lowest BCUT2D eigenvalue weighted by Gasteiger charge is -2.31. The van der Waals surface area contributed by atoms with Crippen LogP contribution in [0.15, 0.2) is 0 Å². The van der Waals surface area contributed by atoms with Gasteiger partial charge >= 0.3 is 5.97 Å². The van der Waals surface area contributed by atoms with Gasteiger partial charge in [0.15, 0.2) is 0 Å². The Bertz CT molecular complexity index is 325. The summed E-state index contributed by atoms with van der Waals surface area (Å²) in [7, 11) is 1.50. The van der Waals surface area contributed by atoms with Crippen LogP contribution in [-0.4, -0.2) is 62.1 Å². The van der Waals surface area contributed by atoms with Crippen molar-refractivity contribution in [3.05, 3.63) is 0 Å². The average molecular weight is 341 g/mol. The number of rotatable bonds is 11. The summed E-state index contributed by atoms with van der Waals surface area (Å²) in [5.74, 6) is 1.66. The van der Waals surface area contributed by atoms with Crippen LogP contribution in [0.2, 0.25) is 0 Å². The molecule has 142 valence electrons. The van der Waals surface area contributed by atoms with Gasteiger partial charge in [-0.2, -0.15) is 0 Å². The van der Waals surface area contributed by atoms with Gasteiger partial charge in [-0.1, -0.05) is 27.7 Å². The number of methoxy groups -OCH3 is 1. The second kappa shape index (κ2) is 11.9. The van der Waals surface area contributed by atoms with Gasteiger partial charge < -0.3 is 14.5 Å². The van der Waals surface area contributed by atoms with E-state index in [1.165, 1.54) is 46.0 Å². The number of nitrogens with zero attached hydrogens (tertiary/aromatic N) is 2. The Morgan fingerprint density at radius 2 is 1.58 bits per heavy atom. The zero-order chi connectivity index (χ0) is 17.9. The standard InChI is InChI=1S/C20H40N2O2/c1-17(2)7-13-21(14-8-18(3)4)11-6-12-22-15-9-19(10-16-22)20(23)24-5/h17-19H,6-16H2,1-5H3. The molecule has 0 atom stereocenters. The maximum absolute atomic E-state index is 11.6. The maximum Gasteiger partial charge on any atom is 0.308 e. The largest absolute Gasteiger partial charge is 0.469 e. The smallest absolute Gasteiger partial charge is 0.308 e. The fraction of sp³-hybridized carbons (Fsp3) is 0.950. The van der Waals surface area contributed by atoms with Gasteiger partial charge in [0.2, 0.25) is 0 Å². The van der Waals surface area contributed by atoms with Crippen molar-refractivity contribution in [1.29, 1.82) is 0 Å².